The van der Waals surface area contributed by atoms with E-state index in [1.165, 1.54) is 0 Å². The van der Waals surface area contributed by atoms with Crippen LogP contribution >= 0.6 is 0 Å². The maximum Gasteiger partial charge on any atom is 0.146 e. The summed E-state index contributed by atoms with van der Waals surface area (Å²) in [6.45, 7) is 10.7. The van der Waals surface area contributed by atoms with Gasteiger partial charge in [-0.3, -0.25) is 0 Å². The summed E-state index contributed by atoms with van der Waals surface area (Å²) in [7, 11) is 0. The third kappa shape index (κ3) is 3.41. The van der Waals surface area contributed by atoms with Crippen LogP contribution in [0.15, 0.2) is 24.3 Å². The van der Waals surface area contributed by atoms with Crippen molar-refractivity contribution in [3.63, 3.8) is 0 Å². The van der Waals surface area contributed by atoms with E-state index in [2.05, 4.69) is 38.7 Å². The van der Waals surface area contributed by atoms with Crippen LogP contribution in [0.3, 0.4) is 0 Å². The maximum atomic E-state index is 6.08. The lowest BCUT2D eigenvalue weighted by atomic mass is 9.90. The van der Waals surface area contributed by atoms with Gasteiger partial charge in [0.25, 0.3) is 0 Å². The highest BCUT2D eigenvalue weighted by Gasteiger charge is 2.17. The first-order valence-corrected chi connectivity index (χ1v) is 7.09. The van der Waals surface area contributed by atoms with Crippen molar-refractivity contribution in [2.45, 2.75) is 47.1 Å². The number of hydrogen-bond acceptors (Lipinski definition) is 3. The Morgan fingerprint density at radius 3 is 2.65 bits per heavy atom. The molecule has 0 saturated heterocycles. The van der Waals surface area contributed by atoms with E-state index in [1.807, 2.05) is 25.1 Å². The molecule has 3 nitrogen and oxygen atoms in total. The smallest absolute Gasteiger partial charge is 0.146 e. The SMILES string of the molecule is Cc1cc2cccc(OC(C)CC(C)(C)C)c2nc1N. The number of para-hydroxylation sites is 1. The Labute approximate surface area is 121 Å². The van der Waals surface area contributed by atoms with E-state index in [4.69, 9.17) is 10.5 Å². The largest absolute Gasteiger partial charge is 0.488 e. The monoisotopic (exact) mass is 272 g/mol. The predicted molar refractivity (Wildman–Crippen MR) is 85.1 cm³/mol. The maximum absolute atomic E-state index is 6.08. The van der Waals surface area contributed by atoms with Crippen LogP contribution in [0.2, 0.25) is 0 Å². The lowest BCUT2D eigenvalue weighted by molar-refractivity contribution is 0.162. The molecule has 1 unspecified atom stereocenters. The third-order valence-corrected chi connectivity index (χ3v) is 3.27. The van der Waals surface area contributed by atoms with Gasteiger partial charge in [-0.1, -0.05) is 32.9 Å². The van der Waals surface area contributed by atoms with Crippen LogP contribution in [-0.4, -0.2) is 11.1 Å². The molecule has 2 rings (SSSR count). The van der Waals surface area contributed by atoms with Crippen LogP contribution in [0.5, 0.6) is 5.75 Å². The van der Waals surface area contributed by atoms with Crippen molar-refractivity contribution in [3.05, 3.63) is 29.8 Å². The molecule has 1 heterocycles. The normalized spacial score (nSPS) is 13.4. The second-order valence-electron chi connectivity index (χ2n) is 6.71. The standard InChI is InChI=1S/C17H24N2O/c1-11-9-13-7-6-8-14(15(13)19-16(11)18)20-12(2)10-17(3,4)5/h6-9,12H,10H2,1-5H3,(H2,18,19). The molecule has 2 N–H and O–H groups in total. The molecule has 1 aromatic heterocycles. The Bertz CT molecular complexity index is 614. The van der Waals surface area contributed by atoms with Gasteiger partial charge in [0.05, 0.1) is 6.10 Å². The van der Waals surface area contributed by atoms with Crippen LogP contribution in [0.4, 0.5) is 5.82 Å². The molecule has 3 heteroatoms. The number of hydrogen-bond donors (Lipinski definition) is 1. The van der Waals surface area contributed by atoms with Gasteiger partial charge in [-0.05, 0) is 43.4 Å². The molecule has 2 aromatic rings. The molecular weight excluding hydrogens is 248 g/mol. The Morgan fingerprint density at radius 2 is 2.00 bits per heavy atom. The van der Waals surface area contributed by atoms with Crippen molar-refractivity contribution in [1.82, 2.24) is 4.98 Å². The van der Waals surface area contributed by atoms with Crippen molar-refractivity contribution in [2.75, 3.05) is 5.73 Å². The lowest BCUT2D eigenvalue weighted by Crippen LogP contribution is -2.20. The summed E-state index contributed by atoms with van der Waals surface area (Å²) in [5, 5.41) is 1.07. The number of anilines is 1. The predicted octanol–water partition coefficient (Wildman–Crippen LogP) is 4.33. The lowest BCUT2D eigenvalue weighted by Gasteiger charge is -2.24. The summed E-state index contributed by atoms with van der Waals surface area (Å²) in [4.78, 5) is 4.48. The fourth-order valence-electron chi connectivity index (χ4n) is 2.51. The van der Waals surface area contributed by atoms with E-state index in [1.54, 1.807) is 0 Å². The Balaban J connectivity index is 2.33. The highest BCUT2D eigenvalue weighted by molar-refractivity contribution is 5.86. The van der Waals surface area contributed by atoms with Crippen LogP contribution in [-0.2, 0) is 0 Å². The van der Waals surface area contributed by atoms with Crippen LogP contribution in [0, 0.1) is 12.3 Å². The number of rotatable bonds is 3. The number of aromatic nitrogens is 1. The first kappa shape index (κ1) is 14.6. The number of ether oxygens (including phenoxy) is 1. The molecule has 1 atom stereocenters. The first-order valence-electron chi connectivity index (χ1n) is 7.09. The summed E-state index contributed by atoms with van der Waals surface area (Å²) in [6, 6.07) is 8.05. The zero-order valence-corrected chi connectivity index (χ0v) is 13.0. The average Bonchev–Trinajstić information content (AvgIpc) is 2.29. The fraction of sp³-hybridized carbons (Fsp3) is 0.471. The van der Waals surface area contributed by atoms with E-state index >= 15 is 0 Å². The molecule has 108 valence electrons. The molecule has 0 fully saturated rings. The Morgan fingerprint density at radius 1 is 1.30 bits per heavy atom. The van der Waals surface area contributed by atoms with Crippen molar-refractivity contribution < 1.29 is 4.74 Å². The number of fused-ring (bicyclic) bond motifs is 1. The van der Waals surface area contributed by atoms with Crippen molar-refractivity contribution >= 4 is 16.7 Å². The van der Waals surface area contributed by atoms with Crippen molar-refractivity contribution in [2.24, 2.45) is 5.41 Å². The molecule has 0 saturated carbocycles. The number of aryl methyl sites for hydroxylation is 1. The minimum atomic E-state index is 0.143. The minimum Gasteiger partial charge on any atom is -0.488 e. The van der Waals surface area contributed by atoms with Gasteiger partial charge in [0, 0.05) is 5.39 Å². The molecular formula is C17H24N2O. The number of nitrogens with two attached hydrogens (primary N) is 1. The summed E-state index contributed by atoms with van der Waals surface area (Å²) < 4.78 is 6.08. The molecule has 0 amide bonds. The highest BCUT2D eigenvalue weighted by Crippen LogP contribution is 2.29. The van der Waals surface area contributed by atoms with E-state index < -0.39 is 0 Å². The van der Waals surface area contributed by atoms with Gasteiger partial charge in [0.1, 0.15) is 17.1 Å². The van der Waals surface area contributed by atoms with Gasteiger partial charge in [0.15, 0.2) is 0 Å². The molecule has 20 heavy (non-hydrogen) atoms. The zero-order chi connectivity index (χ0) is 14.9. The molecule has 0 aliphatic carbocycles. The first-order chi connectivity index (χ1) is 9.26. The van der Waals surface area contributed by atoms with Gasteiger partial charge in [-0.2, -0.15) is 0 Å². The van der Waals surface area contributed by atoms with E-state index in [0.717, 1.165) is 28.6 Å². The minimum absolute atomic E-state index is 0.143. The second-order valence-corrected chi connectivity index (χ2v) is 6.71. The number of nitrogens with zero attached hydrogens (tertiary/aromatic N) is 1. The average molecular weight is 272 g/mol. The number of benzene rings is 1. The Kier molecular flexibility index (Phi) is 3.89. The molecule has 0 aliphatic heterocycles. The van der Waals surface area contributed by atoms with Crippen molar-refractivity contribution in [1.29, 1.82) is 0 Å². The van der Waals surface area contributed by atoms with Crippen LogP contribution < -0.4 is 10.5 Å². The molecule has 0 bridgehead atoms. The molecule has 0 aliphatic rings. The topological polar surface area (TPSA) is 48.1 Å². The summed E-state index contributed by atoms with van der Waals surface area (Å²) in [5.41, 5.74) is 8.01. The molecule has 0 spiro atoms. The molecule has 1 aromatic carbocycles. The summed E-state index contributed by atoms with van der Waals surface area (Å²) in [5.74, 6) is 1.38. The summed E-state index contributed by atoms with van der Waals surface area (Å²) in [6.07, 6.45) is 1.13. The van der Waals surface area contributed by atoms with Gasteiger partial charge in [-0.25, -0.2) is 4.98 Å². The van der Waals surface area contributed by atoms with E-state index in [0.29, 0.717) is 5.82 Å². The Hall–Kier alpha value is -1.77. The number of pyridine rings is 1. The van der Waals surface area contributed by atoms with E-state index in [9.17, 15) is 0 Å². The van der Waals surface area contributed by atoms with Crippen LogP contribution in [0.25, 0.3) is 10.9 Å². The third-order valence-electron chi connectivity index (χ3n) is 3.27. The quantitative estimate of drug-likeness (QED) is 0.904. The highest BCUT2D eigenvalue weighted by atomic mass is 16.5. The van der Waals surface area contributed by atoms with Gasteiger partial charge >= 0.3 is 0 Å². The van der Waals surface area contributed by atoms with Gasteiger partial charge in [-0.15, -0.1) is 0 Å². The summed E-state index contributed by atoms with van der Waals surface area (Å²) >= 11 is 0. The van der Waals surface area contributed by atoms with Gasteiger partial charge < -0.3 is 10.5 Å². The van der Waals surface area contributed by atoms with E-state index in [-0.39, 0.29) is 11.5 Å². The second kappa shape index (κ2) is 5.31. The van der Waals surface area contributed by atoms with Crippen LogP contribution in [0.1, 0.15) is 39.7 Å². The fourth-order valence-corrected chi connectivity index (χ4v) is 2.51. The zero-order valence-electron chi connectivity index (χ0n) is 13.0. The van der Waals surface area contributed by atoms with Gasteiger partial charge in [0.2, 0.25) is 0 Å². The number of nitrogen functional groups attached to an aromatic ring is 1. The van der Waals surface area contributed by atoms with Crippen molar-refractivity contribution in [3.8, 4) is 5.75 Å². The molecule has 0 radical (unpaired) electrons.